The first-order chi connectivity index (χ1) is 11.0. The van der Waals surface area contributed by atoms with Crippen LogP contribution in [0.15, 0.2) is 0 Å². The Balaban J connectivity index is 2.28. The lowest BCUT2D eigenvalue weighted by atomic mass is 9.90. The van der Waals surface area contributed by atoms with Gasteiger partial charge < -0.3 is 8.85 Å². The van der Waals surface area contributed by atoms with E-state index in [1.807, 2.05) is 0 Å². The van der Waals surface area contributed by atoms with Gasteiger partial charge in [0.05, 0.1) is 0 Å². The summed E-state index contributed by atoms with van der Waals surface area (Å²) in [6, 6.07) is 0. The van der Waals surface area contributed by atoms with Crippen LogP contribution in [0.25, 0.3) is 0 Å². The molecule has 0 aromatic heterocycles. The van der Waals surface area contributed by atoms with Crippen molar-refractivity contribution in [1.29, 1.82) is 0 Å². The second-order valence-electron chi connectivity index (χ2n) is 8.41. The molecule has 5 unspecified atom stereocenters. The predicted octanol–water partition coefficient (Wildman–Crippen LogP) is 6.30. The van der Waals surface area contributed by atoms with E-state index in [9.17, 15) is 0 Å². The van der Waals surface area contributed by atoms with Crippen LogP contribution >= 0.6 is 0 Å². The highest BCUT2D eigenvalue weighted by Gasteiger charge is 2.56. The van der Waals surface area contributed by atoms with Crippen LogP contribution in [0, 0.1) is 17.8 Å². The topological polar surface area (TPSA) is 18.5 Å². The summed E-state index contributed by atoms with van der Waals surface area (Å²) in [5, 5.41) is 0. The van der Waals surface area contributed by atoms with Crippen molar-refractivity contribution in [1.82, 2.24) is 0 Å². The van der Waals surface area contributed by atoms with Crippen molar-refractivity contribution >= 4 is 8.56 Å². The van der Waals surface area contributed by atoms with Crippen molar-refractivity contribution in [3.63, 3.8) is 0 Å². The summed E-state index contributed by atoms with van der Waals surface area (Å²) in [7, 11) is -2.15. The third-order valence-corrected chi connectivity index (χ3v) is 11.4. The Morgan fingerprint density at radius 3 is 2.00 bits per heavy atom. The second kappa shape index (κ2) is 9.01. The molecule has 0 amide bonds. The van der Waals surface area contributed by atoms with E-state index in [0.717, 1.165) is 49.4 Å². The lowest BCUT2D eigenvalue weighted by molar-refractivity contribution is 0.130. The van der Waals surface area contributed by atoms with Crippen LogP contribution in [-0.2, 0) is 8.85 Å². The van der Waals surface area contributed by atoms with Crippen molar-refractivity contribution < 1.29 is 8.85 Å². The SMILES string of the molecule is CCCO[Si](OCCC)(C1CCCC(C)C1)C1CCC(C)C1C. The number of hydrogen-bond acceptors (Lipinski definition) is 2. The van der Waals surface area contributed by atoms with Gasteiger partial charge in [0.1, 0.15) is 0 Å². The molecule has 2 saturated carbocycles. The summed E-state index contributed by atoms with van der Waals surface area (Å²) in [5.74, 6) is 2.46. The molecule has 0 spiro atoms. The van der Waals surface area contributed by atoms with Crippen LogP contribution in [0.2, 0.25) is 11.1 Å². The summed E-state index contributed by atoms with van der Waals surface area (Å²) in [5.41, 5.74) is 1.44. The van der Waals surface area contributed by atoms with Crippen molar-refractivity contribution in [2.75, 3.05) is 13.2 Å². The highest BCUT2D eigenvalue weighted by molar-refractivity contribution is 6.70. The molecule has 136 valence electrons. The minimum atomic E-state index is -2.15. The van der Waals surface area contributed by atoms with Crippen LogP contribution in [0.5, 0.6) is 0 Å². The summed E-state index contributed by atoms with van der Waals surface area (Å²) >= 11 is 0. The van der Waals surface area contributed by atoms with Gasteiger partial charge in [0.25, 0.3) is 0 Å². The Morgan fingerprint density at radius 1 is 0.870 bits per heavy atom. The third-order valence-electron chi connectivity index (χ3n) is 6.55. The molecule has 2 nitrogen and oxygen atoms in total. The molecule has 0 N–H and O–H groups in total. The Bertz CT molecular complexity index is 339. The Kier molecular flexibility index (Phi) is 7.62. The molecule has 0 aliphatic heterocycles. The lowest BCUT2D eigenvalue weighted by Crippen LogP contribution is -2.53. The zero-order chi connectivity index (χ0) is 16.9. The smallest absolute Gasteiger partial charge is 0.344 e. The molecule has 0 heterocycles. The highest BCUT2D eigenvalue weighted by Crippen LogP contribution is 2.54. The van der Waals surface area contributed by atoms with Crippen molar-refractivity contribution in [2.24, 2.45) is 17.8 Å². The van der Waals surface area contributed by atoms with E-state index < -0.39 is 8.56 Å². The minimum absolute atomic E-state index is 0.714. The quantitative estimate of drug-likeness (QED) is 0.483. The van der Waals surface area contributed by atoms with E-state index in [2.05, 4.69) is 34.6 Å². The van der Waals surface area contributed by atoms with Gasteiger partial charge in [-0.05, 0) is 49.9 Å². The van der Waals surface area contributed by atoms with Gasteiger partial charge in [-0.15, -0.1) is 0 Å². The molecule has 0 aromatic carbocycles. The summed E-state index contributed by atoms with van der Waals surface area (Å²) in [6.07, 6.45) is 10.4. The monoisotopic (exact) mass is 340 g/mol. The first-order valence-electron chi connectivity index (χ1n) is 10.3. The van der Waals surface area contributed by atoms with Crippen LogP contribution in [0.1, 0.15) is 86.0 Å². The molecule has 3 heteroatoms. The molecule has 2 aliphatic carbocycles. The molecule has 23 heavy (non-hydrogen) atoms. The molecule has 2 rings (SSSR count). The van der Waals surface area contributed by atoms with Gasteiger partial charge in [-0.3, -0.25) is 0 Å². The lowest BCUT2D eigenvalue weighted by Gasteiger charge is -2.46. The van der Waals surface area contributed by atoms with Crippen LogP contribution in [-0.4, -0.2) is 21.8 Å². The molecule has 2 aliphatic rings. The maximum atomic E-state index is 6.79. The van der Waals surface area contributed by atoms with Gasteiger partial charge in [-0.1, -0.05) is 53.9 Å². The van der Waals surface area contributed by atoms with E-state index in [-0.39, 0.29) is 0 Å². The summed E-state index contributed by atoms with van der Waals surface area (Å²) < 4.78 is 13.6. The van der Waals surface area contributed by atoms with Gasteiger partial charge >= 0.3 is 8.56 Å². The molecular weight excluding hydrogens is 300 g/mol. The predicted molar refractivity (Wildman–Crippen MR) is 101 cm³/mol. The zero-order valence-electron chi connectivity index (χ0n) is 16.3. The second-order valence-corrected chi connectivity index (χ2v) is 12.0. The molecule has 2 fully saturated rings. The van der Waals surface area contributed by atoms with Gasteiger partial charge in [0.15, 0.2) is 0 Å². The molecule has 0 aromatic rings. The molecule has 0 radical (unpaired) electrons. The largest absolute Gasteiger partial charge is 0.394 e. The van der Waals surface area contributed by atoms with Crippen molar-refractivity contribution in [3.05, 3.63) is 0 Å². The number of hydrogen-bond donors (Lipinski definition) is 0. The Hall–Kier alpha value is 0.137. The average molecular weight is 341 g/mol. The first-order valence-corrected chi connectivity index (χ1v) is 12.3. The normalized spacial score (nSPS) is 35.6. The van der Waals surface area contributed by atoms with Gasteiger partial charge in [-0.25, -0.2) is 0 Å². The standard InChI is InChI=1S/C20H40O2Si/c1-6-13-21-23(22-14-7-2,19-10-8-9-16(3)15-19)20-12-11-17(4)18(20)5/h16-20H,6-15H2,1-5H3. The van der Waals surface area contributed by atoms with Gasteiger partial charge in [-0.2, -0.15) is 0 Å². The minimum Gasteiger partial charge on any atom is -0.394 e. The average Bonchev–Trinajstić information content (AvgIpc) is 2.88. The fourth-order valence-corrected chi connectivity index (χ4v) is 10.7. The van der Waals surface area contributed by atoms with E-state index in [0.29, 0.717) is 5.54 Å². The zero-order valence-corrected chi connectivity index (χ0v) is 17.3. The van der Waals surface area contributed by atoms with E-state index >= 15 is 0 Å². The van der Waals surface area contributed by atoms with Gasteiger partial charge in [0.2, 0.25) is 0 Å². The van der Waals surface area contributed by atoms with Crippen molar-refractivity contribution in [3.8, 4) is 0 Å². The third kappa shape index (κ3) is 4.41. The number of rotatable bonds is 8. The fourth-order valence-electron chi connectivity index (χ4n) is 5.05. The highest BCUT2D eigenvalue weighted by atomic mass is 28.4. The Morgan fingerprint density at radius 2 is 1.52 bits per heavy atom. The van der Waals surface area contributed by atoms with E-state index in [1.54, 1.807) is 0 Å². The van der Waals surface area contributed by atoms with Crippen LogP contribution in [0.3, 0.4) is 0 Å². The Labute approximate surface area is 146 Å². The van der Waals surface area contributed by atoms with E-state index in [4.69, 9.17) is 8.85 Å². The maximum absolute atomic E-state index is 6.79. The fraction of sp³-hybridized carbons (Fsp3) is 1.00. The summed E-state index contributed by atoms with van der Waals surface area (Å²) in [6.45, 7) is 13.6. The molecule has 5 atom stereocenters. The van der Waals surface area contributed by atoms with Crippen LogP contribution < -0.4 is 0 Å². The first kappa shape index (κ1) is 19.5. The summed E-state index contributed by atoms with van der Waals surface area (Å²) in [4.78, 5) is 0. The van der Waals surface area contributed by atoms with Crippen molar-refractivity contribution in [2.45, 2.75) is 97.1 Å². The maximum Gasteiger partial charge on any atom is 0.344 e. The molecule has 0 bridgehead atoms. The molecule has 0 saturated heterocycles. The molecular formula is C20H40O2Si. The van der Waals surface area contributed by atoms with E-state index in [1.165, 1.54) is 38.5 Å². The van der Waals surface area contributed by atoms with Gasteiger partial charge in [0, 0.05) is 24.3 Å². The van der Waals surface area contributed by atoms with Crippen LogP contribution in [0.4, 0.5) is 0 Å².